The molecule has 1 N–H and O–H groups in total. The number of aromatic nitrogens is 2. The number of thioether (sulfide) groups is 1. The maximum absolute atomic E-state index is 11.9. The number of amides is 1. The molecule has 0 bridgehead atoms. The molecule has 0 fully saturated rings. The maximum atomic E-state index is 11.9. The number of carbonyl (C=O) groups is 1. The number of hydrogen-bond donors (Lipinski definition) is 1. The van der Waals surface area contributed by atoms with E-state index in [1.165, 1.54) is 11.8 Å². The van der Waals surface area contributed by atoms with Crippen molar-refractivity contribution in [3.05, 3.63) is 29.3 Å². The van der Waals surface area contributed by atoms with E-state index in [0.717, 1.165) is 11.5 Å². The van der Waals surface area contributed by atoms with Crippen molar-refractivity contribution in [2.24, 2.45) is 0 Å². The summed E-state index contributed by atoms with van der Waals surface area (Å²) >= 11 is 1.47. The lowest BCUT2D eigenvalue weighted by atomic mass is 10.4. The van der Waals surface area contributed by atoms with Crippen molar-refractivity contribution in [3.8, 4) is 0 Å². The molecule has 7 heteroatoms. The van der Waals surface area contributed by atoms with E-state index in [1.54, 1.807) is 13.0 Å². The molecule has 1 atom stereocenters. The van der Waals surface area contributed by atoms with Gasteiger partial charge in [-0.25, -0.2) is 0 Å². The van der Waals surface area contributed by atoms with Gasteiger partial charge in [-0.3, -0.25) is 4.79 Å². The molecule has 0 saturated carbocycles. The average Bonchev–Trinajstić information content (AvgIpc) is 2.95. The van der Waals surface area contributed by atoms with Crippen LogP contribution in [0.2, 0.25) is 0 Å². The van der Waals surface area contributed by atoms with E-state index in [1.807, 2.05) is 19.9 Å². The van der Waals surface area contributed by atoms with E-state index >= 15 is 0 Å². The fourth-order valence-electron chi connectivity index (χ4n) is 1.42. The predicted molar refractivity (Wildman–Crippen MR) is 71.9 cm³/mol. The second-order valence-electron chi connectivity index (χ2n) is 4.20. The van der Waals surface area contributed by atoms with Gasteiger partial charge in [0.15, 0.2) is 5.82 Å². The number of nitrogens with one attached hydrogen (secondary N) is 1. The topological polar surface area (TPSA) is 81.2 Å². The zero-order valence-corrected chi connectivity index (χ0v) is 11.8. The fourth-order valence-corrected chi connectivity index (χ4v) is 2.18. The molecule has 102 valence electrons. The van der Waals surface area contributed by atoms with Gasteiger partial charge < -0.3 is 14.4 Å². The van der Waals surface area contributed by atoms with Gasteiger partial charge in [0.1, 0.15) is 11.5 Å². The SMILES string of the molecule is Cc1cc(CSC(C)C(=O)Nc2cc(C)on2)on1. The monoisotopic (exact) mass is 281 g/mol. The predicted octanol–water partition coefficient (Wildman–Crippen LogP) is 2.54. The van der Waals surface area contributed by atoms with Gasteiger partial charge in [0.05, 0.1) is 16.7 Å². The Morgan fingerprint density at radius 3 is 2.74 bits per heavy atom. The molecule has 0 saturated heterocycles. The smallest absolute Gasteiger partial charge is 0.238 e. The Hall–Kier alpha value is -1.76. The molecule has 2 heterocycles. The summed E-state index contributed by atoms with van der Waals surface area (Å²) in [5.41, 5.74) is 0.839. The van der Waals surface area contributed by atoms with Gasteiger partial charge in [0, 0.05) is 12.1 Å². The normalized spacial score (nSPS) is 12.4. The summed E-state index contributed by atoms with van der Waals surface area (Å²) in [6.07, 6.45) is 0. The van der Waals surface area contributed by atoms with Gasteiger partial charge in [-0.15, -0.1) is 11.8 Å². The summed E-state index contributed by atoms with van der Waals surface area (Å²) in [4.78, 5) is 11.9. The molecule has 6 nitrogen and oxygen atoms in total. The number of hydrogen-bond acceptors (Lipinski definition) is 6. The zero-order chi connectivity index (χ0) is 13.8. The average molecular weight is 281 g/mol. The van der Waals surface area contributed by atoms with Crippen LogP contribution in [0.5, 0.6) is 0 Å². The molecule has 0 aliphatic carbocycles. The van der Waals surface area contributed by atoms with Crippen LogP contribution >= 0.6 is 11.8 Å². The van der Waals surface area contributed by atoms with Crippen LogP contribution in [0.15, 0.2) is 21.2 Å². The molecule has 19 heavy (non-hydrogen) atoms. The zero-order valence-electron chi connectivity index (χ0n) is 11.0. The van der Waals surface area contributed by atoms with Crippen LogP contribution < -0.4 is 5.32 Å². The lowest BCUT2D eigenvalue weighted by molar-refractivity contribution is -0.115. The first-order valence-electron chi connectivity index (χ1n) is 5.82. The van der Waals surface area contributed by atoms with E-state index in [2.05, 4.69) is 15.6 Å². The van der Waals surface area contributed by atoms with Gasteiger partial charge in [-0.1, -0.05) is 10.3 Å². The van der Waals surface area contributed by atoms with Gasteiger partial charge >= 0.3 is 0 Å². The van der Waals surface area contributed by atoms with Gasteiger partial charge in [0.2, 0.25) is 5.91 Å². The number of carbonyl (C=O) groups excluding carboxylic acids is 1. The highest BCUT2D eigenvalue weighted by molar-refractivity contribution is 7.99. The minimum atomic E-state index is -0.220. The first-order chi connectivity index (χ1) is 9.04. The molecule has 0 radical (unpaired) electrons. The Morgan fingerprint density at radius 1 is 1.37 bits per heavy atom. The Bertz CT molecular complexity index is 564. The molecule has 0 spiro atoms. The third-order valence-electron chi connectivity index (χ3n) is 2.40. The second-order valence-corrected chi connectivity index (χ2v) is 5.53. The molecular weight excluding hydrogens is 266 g/mol. The van der Waals surface area contributed by atoms with Crippen molar-refractivity contribution in [3.63, 3.8) is 0 Å². The highest BCUT2D eigenvalue weighted by Gasteiger charge is 2.16. The third-order valence-corrected chi connectivity index (χ3v) is 3.57. The van der Waals surface area contributed by atoms with Crippen LogP contribution in [0.4, 0.5) is 5.82 Å². The number of anilines is 1. The summed E-state index contributed by atoms with van der Waals surface area (Å²) in [6, 6.07) is 3.54. The lowest BCUT2D eigenvalue weighted by Gasteiger charge is -2.08. The summed E-state index contributed by atoms with van der Waals surface area (Å²) in [5.74, 6) is 2.35. The van der Waals surface area contributed by atoms with Crippen molar-refractivity contribution in [1.82, 2.24) is 10.3 Å². The number of nitrogens with zero attached hydrogens (tertiary/aromatic N) is 2. The van der Waals surface area contributed by atoms with Crippen LogP contribution in [-0.4, -0.2) is 21.5 Å². The summed E-state index contributed by atoms with van der Waals surface area (Å²) in [6.45, 7) is 5.46. The molecular formula is C12H15N3O3S. The van der Waals surface area contributed by atoms with Crippen LogP contribution in [0, 0.1) is 13.8 Å². The Kier molecular flexibility index (Phi) is 4.26. The molecule has 2 rings (SSSR count). The highest BCUT2D eigenvalue weighted by Crippen LogP contribution is 2.19. The Morgan fingerprint density at radius 2 is 2.16 bits per heavy atom. The van der Waals surface area contributed by atoms with E-state index in [4.69, 9.17) is 9.05 Å². The largest absolute Gasteiger partial charge is 0.360 e. The molecule has 1 unspecified atom stereocenters. The highest BCUT2D eigenvalue weighted by atomic mass is 32.2. The first kappa shape index (κ1) is 13.7. The minimum Gasteiger partial charge on any atom is -0.360 e. The Balaban J connectivity index is 1.82. The fraction of sp³-hybridized carbons (Fsp3) is 0.417. The molecule has 2 aromatic rings. The number of aryl methyl sites for hydroxylation is 2. The number of rotatable bonds is 5. The van der Waals surface area contributed by atoms with Crippen molar-refractivity contribution in [1.29, 1.82) is 0 Å². The van der Waals surface area contributed by atoms with Gasteiger partial charge in [-0.05, 0) is 20.8 Å². The summed E-state index contributed by atoms with van der Waals surface area (Å²) < 4.78 is 9.97. The van der Waals surface area contributed by atoms with Crippen molar-refractivity contribution in [2.45, 2.75) is 31.8 Å². The summed E-state index contributed by atoms with van der Waals surface area (Å²) in [5, 5.41) is 9.99. The van der Waals surface area contributed by atoms with E-state index in [9.17, 15) is 4.79 Å². The van der Waals surface area contributed by atoms with Crippen LogP contribution in [-0.2, 0) is 10.5 Å². The molecule has 0 aliphatic heterocycles. The van der Waals surface area contributed by atoms with Crippen molar-refractivity contribution in [2.75, 3.05) is 5.32 Å². The van der Waals surface area contributed by atoms with Gasteiger partial charge in [0.25, 0.3) is 0 Å². The van der Waals surface area contributed by atoms with Crippen molar-refractivity contribution >= 4 is 23.5 Å². The minimum absolute atomic E-state index is 0.116. The first-order valence-corrected chi connectivity index (χ1v) is 6.87. The third kappa shape index (κ3) is 3.85. The molecule has 0 aliphatic rings. The van der Waals surface area contributed by atoms with Gasteiger partial charge in [-0.2, -0.15) is 0 Å². The van der Waals surface area contributed by atoms with E-state index < -0.39 is 0 Å². The summed E-state index contributed by atoms with van der Waals surface area (Å²) in [7, 11) is 0. The molecule has 1 amide bonds. The van der Waals surface area contributed by atoms with Crippen LogP contribution in [0.25, 0.3) is 0 Å². The maximum Gasteiger partial charge on any atom is 0.238 e. The molecule has 0 aromatic carbocycles. The van der Waals surface area contributed by atoms with E-state index in [-0.39, 0.29) is 11.2 Å². The Labute approximate surface area is 114 Å². The van der Waals surface area contributed by atoms with Crippen molar-refractivity contribution < 1.29 is 13.8 Å². The quantitative estimate of drug-likeness (QED) is 0.907. The van der Waals surface area contributed by atoms with Crippen LogP contribution in [0.1, 0.15) is 24.1 Å². The molecule has 2 aromatic heterocycles. The van der Waals surface area contributed by atoms with E-state index in [0.29, 0.717) is 17.3 Å². The second kappa shape index (κ2) is 5.92. The standard InChI is InChI=1S/C12H15N3O3S/c1-7-4-10(18-14-7)6-19-9(3)12(16)13-11-5-8(2)17-15-11/h4-5,9H,6H2,1-3H3,(H,13,15,16). The lowest BCUT2D eigenvalue weighted by Crippen LogP contribution is -2.22. The van der Waals surface area contributed by atoms with Crippen LogP contribution in [0.3, 0.4) is 0 Å².